The number of fused-ring (bicyclic) bond motifs is 1. The fourth-order valence-electron chi connectivity index (χ4n) is 2.95. The first-order valence-electron chi connectivity index (χ1n) is 8.84. The van der Waals surface area contributed by atoms with E-state index in [4.69, 9.17) is 4.42 Å². The molecule has 0 radical (unpaired) electrons. The van der Waals surface area contributed by atoms with Crippen LogP contribution in [-0.2, 0) is 6.42 Å². The average Bonchev–Trinajstić information content (AvgIpc) is 3.33. The number of amides is 1. The summed E-state index contributed by atoms with van der Waals surface area (Å²) in [5, 5.41) is 7.50. The number of nitrogens with zero attached hydrogens (tertiary/aromatic N) is 2. The molecule has 6 nitrogen and oxygen atoms in total. The van der Waals surface area contributed by atoms with Crippen LogP contribution < -0.4 is 5.32 Å². The number of nitrogens with one attached hydrogen (secondary N) is 1. The van der Waals surface area contributed by atoms with Crippen LogP contribution in [0.3, 0.4) is 0 Å². The van der Waals surface area contributed by atoms with Crippen molar-refractivity contribution in [2.24, 2.45) is 0 Å². The molecule has 0 aliphatic rings. The standard InChI is InChI=1S/C21H17N3O3S/c1-3-15-20(28-24-23-15)21(26)22-17-14-6-4-5-7-16(14)27-19(17)18(25)13-10-8-12(2)9-11-13/h4-11H,3H2,1-2H3,(H,22,26). The van der Waals surface area contributed by atoms with Gasteiger partial charge in [-0.15, -0.1) is 5.10 Å². The third-order valence-electron chi connectivity index (χ3n) is 4.45. The first kappa shape index (κ1) is 18.1. The number of furan rings is 1. The number of carbonyl (C=O) groups excluding carboxylic acids is 2. The van der Waals surface area contributed by atoms with E-state index in [2.05, 4.69) is 14.9 Å². The van der Waals surface area contributed by atoms with Gasteiger partial charge in [-0.3, -0.25) is 9.59 Å². The van der Waals surface area contributed by atoms with Gasteiger partial charge >= 0.3 is 0 Å². The van der Waals surface area contributed by atoms with E-state index >= 15 is 0 Å². The Balaban J connectivity index is 1.78. The molecule has 140 valence electrons. The highest BCUT2D eigenvalue weighted by atomic mass is 32.1. The minimum Gasteiger partial charge on any atom is -0.450 e. The van der Waals surface area contributed by atoms with E-state index in [0.717, 1.165) is 17.1 Å². The molecule has 2 aromatic carbocycles. The number of hydrogen-bond donors (Lipinski definition) is 1. The molecule has 0 atom stereocenters. The van der Waals surface area contributed by atoms with E-state index in [-0.39, 0.29) is 17.5 Å². The maximum Gasteiger partial charge on any atom is 0.269 e. The lowest BCUT2D eigenvalue weighted by molar-refractivity contribution is 0.101. The SMILES string of the molecule is CCc1nnsc1C(=O)Nc1c(C(=O)c2ccc(C)cc2)oc2ccccc12. The molecule has 0 spiro atoms. The second-order valence-corrected chi connectivity index (χ2v) is 7.11. The van der Waals surface area contributed by atoms with Crippen molar-refractivity contribution in [3.63, 3.8) is 0 Å². The number of aryl methyl sites for hydroxylation is 2. The molecule has 2 aromatic heterocycles. The predicted octanol–water partition coefficient (Wildman–Crippen LogP) is 4.64. The molecule has 0 aliphatic heterocycles. The summed E-state index contributed by atoms with van der Waals surface area (Å²) >= 11 is 1.03. The third-order valence-corrected chi connectivity index (χ3v) is 5.22. The monoisotopic (exact) mass is 391 g/mol. The van der Waals surface area contributed by atoms with Gasteiger partial charge < -0.3 is 9.73 Å². The van der Waals surface area contributed by atoms with E-state index in [9.17, 15) is 9.59 Å². The quantitative estimate of drug-likeness (QED) is 0.501. The van der Waals surface area contributed by atoms with Crippen molar-refractivity contribution < 1.29 is 14.0 Å². The van der Waals surface area contributed by atoms with Crippen molar-refractivity contribution in [1.29, 1.82) is 0 Å². The highest BCUT2D eigenvalue weighted by molar-refractivity contribution is 7.08. The van der Waals surface area contributed by atoms with Gasteiger partial charge in [-0.25, -0.2) is 0 Å². The second-order valence-electron chi connectivity index (χ2n) is 6.35. The number of ketones is 1. The first-order chi connectivity index (χ1) is 13.6. The number of carbonyl (C=O) groups is 2. The summed E-state index contributed by atoms with van der Waals surface area (Å²) in [4.78, 5) is 26.3. The summed E-state index contributed by atoms with van der Waals surface area (Å²) in [6.45, 7) is 3.86. The number of rotatable bonds is 5. The Bertz CT molecular complexity index is 1180. The topological polar surface area (TPSA) is 85.1 Å². The van der Waals surface area contributed by atoms with Crippen LogP contribution in [0.25, 0.3) is 11.0 Å². The Kier molecular flexibility index (Phi) is 4.75. The minimum absolute atomic E-state index is 0.105. The van der Waals surface area contributed by atoms with Crippen LogP contribution in [0.2, 0.25) is 0 Å². The number of hydrogen-bond acceptors (Lipinski definition) is 6. The van der Waals surface area contributed by atoms with Crippen molar-refractivity contribution in [2.45, 2.75) is 20.3 Å². The zero-order chi connectivity index (χ0) is 19.7. The molecular formula is C21H17N3O3S. The zero-order valence-corrected chi connectivity index (χ0v) is 16.2. The van der Waals surface area contributed by atoms with E-state index in [1.165, 1.54) is 0 Å². The lowest BCUT2D eigenvalue weighted by Gasteiger charge is -2.06. The molecule has 1 amide bonds. The van der Waals surface area contributed by atoms with Gasteiger partial charge in [0.15, 0.2) is 5.76 Å². The maximum atomic E-state index is 13.1. The van der Waals surface area contributed by atoms with Crippen molar-refractivity contribution in [2.75, 3.05) is 5.32 Å². The number of anilines is 1. The summed E-state index contributed by atoms with van der Waals surface area (Å²) in [5.41, 5.74) is 3.07. The van der Waals surface area contributed by atoms with Crippen LogP contribution in [0.1, 0.15) is 44.0 Å². The van der Waals surface area contributed by atoms with Crippen LogP contribution in [0, 0.1) is 6.92 Å². The van der Waals surface area contributed by atoms with Crippen molar-refractivity contribution in [3.05, 3.63) is 76.0 Å². The molecule has 1 N–H and O–H groups in total. The Morgan fingerprint density at radius 1 is 1.11 bits per heavy atom. The highest BCUT2D eigenvalue weighted by Crippen LogP contribution is 2.33. The van der Waals surface area contributed by atoms with Gasteiger partial charge in [0, 0.05) is 10.9 Å². The third kappa shape index (κ3) is 3.20. The molecule has 0 saturated heterocycles. The molecule has 0 aliphatic carbocycles. The first-order valence-corrected chi connectivity index (χ1v) is 9.61. The molecule has 0 saturated carbocycles. The summed E-state index contributed by atoms with van der Waals surface area (Å²) in [6.07, 6.45) is 0.598. The second kappa shape index (κ2) is 7.36. The maximum absolute atomic E-state index is 13.1. The average molecular weight is 391 g/mol. The van der Waals surface area contributed by atoms with E-state index in [1.54, 1.807) is 18.2 Å². The van der Waals surface area contributed by atoms with Crippen molar-refractivity contribution in [1.82, 2.24) is 9.59 Å². The Morgan fingerprint density at radius 3 is 2.61 bits per heavy atom. The van der Waals surface area contributed by atoms with Crippen molar-refractivity contribution >= 4 is 39.9 Å². The normalized spacial score (nSPS) is 10.9. The van der Waals surface area contributed by atoms with Gasteiger partial charge in [0.1, 0.15) is 10.5 Å². The predicted molar refractivity (Wildman–Crippen MR) is 108 cm³/mol. The number of benzene rings is 2. The molecule has 2 heterocycles. The zero-order valence-electron chi connectivity index (χ0n) is 15.4. The Hall–Kier alpha value is -3.32. The summed E-state index contributed by atoms with van der Waals surface area (Å²) in [7, 11) is 0. The van der Waals surface area contributed by atoms with Crippen LogP contribution in [0.15, 0.2) is 52.9 Å². The summed E-state index contributed by atoms with van der Waals surface area (Å²) in [5.74, 6) is -0.532. The summed E-state index contributed by atoms with van der Waals surface area (Å²) < 4.78 is 9.69. The van der Waals surface area contributed by atoms with E-state index in [1.807, 2.05) is 44.2 Å². The fourth-order valence-corrected chi connectivity index (χ4v) is 3.59. The summed E-state index contributed by atoms with van der Waals surface area (Å²) in [6, 6.07) is 14.5. The molecule has 0 bridgehead atoms. The number of para-hydroxylation sites is 1. The van der Waals surface area contributed by atoms with Gasteiger partial charge in [-0.2, -0.15) is 0 Å². The number of aromatic nitrogens is 2. The van der Waals surface area contributed by atoms with Gasteiger partial charge in [0.25, 0.3) is 5.91 Å². The Morgan fingerprint density at radius 2 is 1.86 bits per heavy atom. The lowest BCUT2D eigenvalue weighted by atomic mass is 10.1. The van der Waals surface area contributed by atoms with Gasteiger partial charge in [-0.1, -0.05) is 53.4 Å². The van der Waals surface area contributed by atoms with Crippen LogP contribution in [0.5, 0.6) is 0 Å². The van der Waals surface area contributed by atoms with Gasteiger partial charge in [0.05, 0.1) is 11.4 Å². The molecular weight excluding hydrogens is 374 g/mol. The van der Waals surface area contributed by atoms with Crippen molar-refractivity contribution in [3.8, 4) is 0 Å². The van der Waals surface area contributed by atoms with Crippen LogP contribution >= 0.6 is 11.5 Å². The van der Waals surface area contributed by atoms with Crippen LogP contribution in [0.4, 0.5) is 5.69 Å². The molecule has 28 heavy (non-hydrogen) atoms. The molecule has 4 aromatic rings. The lowest BCUT2D eigenvalue weighted by Crippen LogP contribution is -2.14. The smallest absolute Gasteiger partial charge is 0.269 e. The Labute approximate surface area is 165 Å². The molecule has 7 heteroatoms. The molecule has 0 fully saturated rings. The fraction of sp³-hybridized carbons (Fsp3) is 0.143. The van der Waals surface area contributed by atoms with Gasteiger partial charge in [-0.05, 0) is 37.0 Å². The van der Waals surface area contributed by atoms with E-state index in [0.29, 0.717) is 39.2 Å². The largest absolute Gasteiger partial charge is 0.450 e. The molecule has 0 unspecified atom stereocenters. The van der Waals surface area contributed by atoms with Gasteiger partial charge in [0.2, 0.25) is 5.78 Å². The molecule has 4 rings (SSSR count). The van der Waals surface area contributed by atoms with E-state index < -0.39 is 0 Å². The highest BCUT2D eigenvalue weighted by Gasteiger charge is 2.25. The van der Waals surface area contributed by atoms with Crippen LogP contribution in [-0.4, -0.2) is 21.3 Å². The minimum atomic E-state index is -0.351.